The molecule has 0 fully saturated rings. The lowest BCUT2D eigenvalue weighted by Gasteiger charge is -2.18. The van der Waals surface area contributed by atoms with Gasteiger partial charge in [0, 0.05) is 0 Å². The predicted molar refractivity (Wildman–Crippen MR) is 216 cm³/mol. The normalized spacial score (nSPS) is 12.9. The fraction of sp³-hybridized carbons (Fsp3) is 0.870. The van der Waals surface area contributed by atoms with E-state index in [2.05, 4.69) is 52.0 Å². The van der Waals surface area contributed by atoms with Gasteiger partial charge in [0.1, 0.15) is 0 Å². The van der Waals surface area contributed by atoms with Crippen molar-refractivity contribution in [2.75, 3.05) is 13.2 Å². The summed E-state index contributed by atoms with van der Waals surface area (Å²) < 4.78 is 18.9. The van der Waals surface area contributed by atoms with Crippen molar-refractivity contribution >= 4 is 0 Å². The molecule has 2 unspecified atom stereocenters. The van der Waals surface area contributed by atoms with E-state index >= 15 is 0 Å². The first-order chi connectivity index (χ1) is 24.2. The zero-order valence-electron chi connectivity index (χ0n) is 33.7. The van der Waals surface area contributed by atoms with Crippen LogP contribution < -0.4 is 0 Å². The summed E-state index contributed by atoms with van der Waals surface area (Å²) >= 11 is 0. The second-order valence-electron chi connectivity index (χ2n) is 15.2. The van der Waals surface area contributed by atoms with Gasteiger partial charge in [0.15, 0.2) is 0 Å². The summed E-state index contributed by atoms with van der Waals surface area (Å²) in [5.41, 5.74) is 2.51. The van der Waals surface area contributed by atoms with E-state index in [4.69, 9.17) is 14.2 Å². The van der Waals surface area contributed by atoms with Crippen LogP contribution in [0.25, 0.3) is 0 Å². The highest BCUT2D eigenvalue weighted by atomic mass is 16.5. The average Bonchev–Trinajstić information content (AvgIpc) is 3.12. The third-order valence-electron chi connectivity index (χ3n) is 10.4. The predicted octanol–water partition coefficient (Wildman–Crippen LogP) is 15.3. The molecule has 1 rings (SSSR count). The first-order valence-corrected chi connectivity index (χ1v) is 22.1. The maximum atomic E-state index is 6.49. The smallest absolute Gasteiger partial charge is 0.0720 e. The monoisotopic (exact) mass is 687 g/mol. The Morgan fingerprint density at radius 1 is 0.347 bits per heavy atom. The SMILES string of the molecule is CCCCCCCCCCCCC(CCCCC)OCCOCc1ccc(COC(CCCCC)CCCCCCCCCCCC)cc1. The molecule has 2 atom stereocenters. The fourth-order valence-corrected chi connectivity index (χ4v) is 6.99. The van der Waals surface area contributed by atoms with Crippen LogP contribution in [0.1, 0.15) is 231 Å². The van der Waals surface area contributed by atoms with Crippen molar-refractivity contribution in [2.45, 2.75) is 246 Å². The Morgan fingerprint density at radius 3 is 1.06 bits per heavy atom. The van der Waals surface area contributed by atoms with Crippen LogP contribution in [0.15, 0.2) is 24.3 Å². The Balaban J connectivity index is 2.25. The molecule has 0 saturated heterocycles. The topological polar surface area (TPSA) is 27.7 Å². The van der Waals surface area contributed by atoms with Crippen molar-refractivity contribution < 1.29 is 14.2 Å². The maximum absolute atomic E-state index is 6.49. The number of unbranched alkanes of at least 4 members (excludes halogenated alkanes) is 22. The first kappa shape index (κ1) is 46.1. The molecule has 0 aromatic heterocycles. The van der Waals surface area contributed by atoms with E-state index < -0.39 is 0 Å². The summed E-state index contributed by atoms with van der Waals surface area (Å²) in [5, 5.41) is 0. The molecule has 49 heavy (non-hydrogen) atoms. The highest BCUT2D eigenvalue weighted by Crippen LogP contribution is 2.19. The molecular weight excluding hydrogens is 601 g/mol. The van der Waals surface area contributed by atoms with E-state index in [1.165, 1.54) is 204 Å². The molecule has 0 saturated carbocycles. The van der Waals surface area contributed by atoms with Crippen LogP contribution >= 0.6 is 0 Å². The van der Waals surface area contributed by atoms with E-state index in [-0.39, 0.29) is 0 Å². The molecule has 0 aliphatic rings. The van der Waals surface area contributed by atoms with Gasteiger partial charge in [-0.15, -0.1) is 0 Å². The van der Waals surface area contributed by atoms with Gasteiger partial charge in [0.05, 0.1) is 38.6 Å². The van der Waals surface area contributed by atoms with E-state index in [9.17, 15) is 0 Å². The number of rotatable bonds is 39. The van der Waals surface area contributed by atoms with E-state index in [1.54, 1.807) is 0 Å². The van der Waals surface area contributed by atoms with Crippen LogP contribution in [0, 0.1) is 0 Å². The summed E-state index contributed by atoms with van der Waals surface area (Å²) in [4.78, 5) is 0. The van der Waals surface area contributed by atoms with Crippen LogP contribution in [0.2, 0.25) is 0 Å². The minimum atomic E-state index is 0.402. The first-order valence-electron chi connectivity index (χ1n) is 22.1. The maximum Gasteiger partial charge on any atom is 0.0720 e. The average molecular weight is 687 g/mol. The Bertz CT molecular complexity index is 762. The van der Waals surface area contributed by atoms with Gasteiger partial charge in [0.25, 0.3) is 0 Å². The van der Waals surface area contributed by atoms with E-state index in [0.29, 0.717) is 32.0 Å². The van der Waals surface area contributed by atoms with Gasteiger partial charge in [0.2, 0.25) is 0 Å². The lowest BCUT2D eigenvalue weighted by Crippen LogP contribution is -2.16. The lowest BCUT2D eigenvalue weighted by molar-refractivity contribution is -0.00798. The molecule has 0 amide bonds. The van der Waals surface area contributed by atoms with Crippen LogP contribution in [-0.2, 0) is 27.4 Å². The van der Waals surface area contributed by atoms with Gasteiger partial charge in [-0.1, -0.05) is 219 Å². The zero-order valence-corrected chi connectivity index (χ0v) is 33.7. The van der Waals surface area contributed by atoms with Crippen molar-refractivity contribution in [2.24, 2.45) is 0 Å². The summed E-state index contributed by atoms with van der Waals surface area (Å²) in [6.45, 7) is 11.9. The van der Waals surface area contributed by atoms with Crippen molar-refractivity contribution in [3.8, 4) is 0 Å². The van der Waals surface area contributed by atoms with E-state index in [0.717, 1.165) is 6.61 Å². The lowest BCUT2D eigenvalue weighted by atomic mass is 10.0. The highest BCUT2D eigenvalue weighted by molar-refractivity contribution is 5.21. The van der Waals surface area contributed by atoms with Crippen molar-refractivity contribution in [1.29, 1.82) is 0 Å². The highest BCUT2D eigenvalue weighted by Gasteiger charge is 2.11. The van der Waals surface area contributed by atoms with Gasteiger partial charge in [-0.25, -0.2) is 0 Å². The van der Waals surface area contributed by atoms with Gasteiger partial charge < -0.3 is 14.2 Å². The van der Waals surface area contributed by atoms with Crippen molar-refractivity contribution in [1.82, 2.24) is 0 Å². The second-order valence-corrected chi connectivity index (χ2v) is 15.2. The Morgan fingerprint density at radius 2 is 0.653 bits per heavy atom. The van der Waals surface area contributed by atoms with Gasteiger partial charge in [-0.05, 0) is 36.8 Å². The second kappa shape index (κ2) is 36.9. The standard InChI is InChI=1S/C46H86O3/c1-5-9-13-15-17-19-21-23-25-29-33-45(31-27-11-7-3)48-40-39-47-41-43-35-37-44(38-36-43)42-49-46(32-28-12-8-4)34-30-26-24-22-20-18-16-14-10-6-2/h35-38,45-46H,5-34,39-42H2,1-4H3. The largest absolute Gasteiger partial charge is 0.376 e. The summed E-state index contributed by atoms with van der Waals surface area (Å²) in [6, 6.07) is 8.89. The van der Waals surface area contributed by atoms with Gasteiger partial charge in [-0.2, -0.15) is 0 Å². The molecule has 288 valence electrons. The molecule has 0 aliphatic heterocycles. The summed E-state index contributed by atoms with van der Waals surface area (Å²) in [7, 11) is 0. The number of hydrogen-bond acceptors (Lipinski definition) is 3. The molecule has 0 N–H and O–H groups in total. The Labute approximate surface area is 307 Å². The molecule has 0 spiro atoms. The quantitative estimate of drug-likeness (QED) is 0.0645. The minimum Gasteiger partial charge on any atom is -0.376 e. The van der Waals surface area contributed by atoms with Crippen LogP contribution in [0.3, 0.4) is 0 Å². The summed E-state index contributed by atoms with van der Waals surface area (Å²) in [5.74, 6) is 0. The molecule has 1 aromatic carbocycles. The third kappa shape index (κ3) is 30.4. The van der Waals surface area contributed by atoms with Crippen molar-refractivity contribution in [3.05, 3.63) is 35.4 Å². The molecule has 0 heterocycles. The Kier molecular flexibility index (Phi) is 34.7. The van der Waals surface area contributed by atoms with Crippen LogP contribution in [0.5, 0.6) is 0 Å². The zero-order chi connectivity index (χ0) is 35.3. The number of benzene rings is 1. The third-order valence-corrected chi connectivity index (χ3v) is 10.4. The minimum absolute atomic E-state index is 0.402. The van der Waals surface area contributed by atoms with Gasteiger partial charge >= 0.3 is 0 Å². The fourth-order valence-electron chi connectivity index (χ4n) is 6.99. The molecule has 0 bridgehead atoms. The summed E-state index contributed by atoms with van der Waals surface area (Å²) in [6.07, 6.45) is 41.3. The van der Waals surface area contributed by atoms with Crippen LogP contribution in [-0.4, -0.2) is 25.4 Å². The van der Waals surface area contributed by atoms with Crippen molar-refractivity contribution in [3.63, 3.8) is 0 Å². The van der Waals surface area contributed by atoms with Gasteiger partial charge in [-0.3, -0.25) is 0 Å². The number of hydrogen-bond donors (Lipinski definition) is 0. The molecule has 3 heteroatoms. The van der Waals surface area contributed by atoms with E-state index in [1.807, 2.05) is 0 Å². The molecule has 1 aromatic rings. The Hall–Kier alpha value is -0.900. The van der Waals surface area contributed by atoms with Crippen LogP contribution in [0.4, 0.5) is 0 Å². The molecular formula is C46H86O3. The molecule has 0 aliphatic carbocycles. The number of ether oxygens (including phenoxy) is 3. The molecule has 3 nitrogen and oxygen atoms in total. The molecule has 0 radical (unpaired) electrons.